The van der Waals surface area contributed by atoms with Crippen LogP contribution in [-0.4, -0.2) is 57.6 Å². The quantitative estimate of drug-likeness (QED) is 0.806. The van der Waals surface area contributed by atoms with Crippen molar-refractivity contribution in [2.75, 3.05) is 39.3 Å². The summed E-state index contributed by atoms with van der Waals surface area (Å²) < 4.78 is 27.7. The van der Waals surface area contributed by atoms with Crippen molar-refractivity contribution < 1.29 is 8.42 Å². The van der Waals surface area contributed by atoms with Crippen LogP contribution in [0.2, 0.25) is 0 Å². The summed E-state index contributed by atoms with van der Waals surface area (Å²) in [5.41, 5.74) is 1.77. The van der Waals surface area contributed by atoms with Crippen LogP contribution in [0.4, 0.5) is 0 Å². The van der Waals surface area contributed by atoms with Gasteiger partial charge in [0, 0.05) is 55.9 Å². The number of benzene rings is 1. The first kappa shape index (κ1) is 17.5. The Morgan fingerprint density at radius 2 is 2.12 bits per heavy atom. The second-order valence-corrected chi connectivity index (χ2v) is 8.44. The summed E-state index contributed by atoms with van der Waals surface area (Å²) in [5.74, 6) is 0. The van der Waals surface area contributed by atoms with E-state index in [-0.39, 0.29) is 4.90 Å². The average Bonchev–Trinajstić information content (AvgIpc) is 3.02. The zero-order valence-corrected chi connectivity index (χ0v) is 15.3. The van der Waals surface area contributed by atoms with E-state index in [1.165, 1.54) is 11.3 Å². The Morgan fingerprint density at radius 3 is 2.83 bits per heavy atom. The molecule has 3 rings (SSSR count). The zero-order valence-electron chi connectivity index (χ0n) is 13.7. The lowest BCUT2D eigenvalue weighted by atomic mass is 10.2. The van der Waals surface area contributed by atoms with Crippen LogP contribution in [0.3, 0.4) is 0 Å². The number of nitrogens with one attached hydrogen (secondary N) is 2. The van der Waals surface area contributed by atoms with Gasteiger partial charge in [-0.2, -0.15) is 0 Å². The molecule has 1 aliphatic rings. The van der Waals surface area contributed by atoms with E-state index in [1.54, 1.807) is 18.2 Å². The molecule has 0 bridgehead atoms. The summed E-state index contributed by atoms with van der Waals surface area (Å²) in [7, 11) is -3.50. The minimum absolute atomic E-state index is 0.285. The summed E-state index contributed by atoms with van der Waals surface area (Å²) in [6, 6.07) is 6.96. The van der Waals surface area contributed by atoms with Gasteiger partial charge in [-0.15, -0.1) is 11.3 Å². The van der Waals surface area contributed by atoms with Gasteiger partial charge in [0.1, 0.15) is 5.01 Å². The first-order valence-corrected chi connectivity index (χ1v) is 10.4. The van der Waals surface area contributed by atoms with Crippen molar-refractivity contribution in [1.29, 1.82) is 0 Å². The van der Waals surface area contributed by atoms with Crippen LogP contribution in [0.1, 0.15) is 5.69 Å². The fourth-order valence-corrected chi connectivity index (χ4v) is 4.50. The molecular formula is C16H22N4O2S2. The Bertz CT molecular complexity index is 783. The lowest BCUT2D eigenvalue weighted by Crippen LogP contribution is -2.46. The molecule has 130 valence electrons. The SMILES string of the molecule is Cc1csc(-c2cccc(S(=O)(=O)NCCN3CCNCC3)c2)n1. The van der Waals surface area contributed by atoms with Crippen molar-refractivity contribution in [3.8, 4) is 10.6 Å². The van der Waals surface area contributed by atoms with E-state index in [1.807, 2.05) is 18.4 Å². The summed E-state index contributed by atoms with van der Waals surface area (Å²) in [5, 5.41) is 6.08. The van der Waals surface area contributed by atoms with Gasteiger partial charge in [-0.1, -0.05) is 12.1 Å². The number of aromatic nitrogens is 1. The highest BCUT2D eigenvalue weighted by Crippen LogP contribution is 2.25. The number of piperazine rings is 1. The minimum Gasteiger partial charge on any atom is -0.314 e. The van der Waals surface area contributed by atoms with Crippen LogP contribution in [0.5, 0.6) is 0 Å². The van der Waals surface area contributed by atoms with E-state index in [4.69, 9.17) is 0 Å². The number of sulfonamides is 1. The number of nitrogens with zero attached hydrogens (tertiary/aromatic N) is 2. The van der Waals surface area contributed by atoms with Gasteiger partial charge in [-0.25, -0.2) is 18.1 Å². The molecule has 0 atom stereocenters. The molecule has 2 aromatic rings. The molecule has 1 aliphatic heterocycles. The molecular weight excluding hydrogens is 344 g/mol. The maximum Gasteiger partial charge on any atom is 0.240 e. The van der Waals surface area contributed by atoms with Crippen molar-refractivity contribution in [3.05, 3.63) is 35.3 Å². The van der Waals surface area contributed by atoms with E-state index in [0.717, 1.165) is 49.0 Å². The Kier molecular flexibility index (Phi) is 5.62. The highest BCUT2D eigenvalue weighted by Gasteiger charge is 2.16. The maximum atomic E-state index is 12.5. The molecule has 2 N–H and O–H groups in total. The summed E-state index contributed by atoms with van der Waals surface area (Å²) in [4.78, 5) is 6.96. The molecule has 1 saturated heterocycles. The monoisotopic (exact) mass is 366 g/mol. The summed E-state index contributed by atoms with van der Waals surface area (Å²) in [6.45, 7) is 6.92. The molecule has 24 heavy (non-hydrogen) atoms. The van der Waals surface area contributed by atoms with Crippen LogP contribution < -0.4 is 10.0 Å². The number of rotatable bonds is 6. The first-order chi connectivity index (χ1) is 11.5. The third kappa shape index (κ3) is 4.40. The molecule has 0 aliphatic carbocycles. The average molecular weight is 367 g/mol. The number of hydrogen-bond acceptors (Lipinski definition) is 6. The number of thiazole rings is 1. The molecule has 0 unspecified atom stereocenters. The molecule has 0 radical (unpaired) electrons. The third-order valence-electron chi connectivity index (χ3n) is 3.94. The third-order valence-corrected chi connectivity index (χ3v) is 6.41. The molecule has 0 spiro atoms. The summed E-state index contributed by atoms with van der Waals surface area (Å²) >= 11 is 1.52. The fraction of sp³-hybridized carbons (Fsp3) is 0.438. The van der Waals surface area contributed by atoms with Gasteiger partial charge in [-0.3, -0.25) is 4.90 Å². The highest BCUT2D eigenvalue weighted by atomic mass is 32.2. The predicted molar refractivity (Wildman–Crippen MR) is 96.8 cm³/mol. The maximum absolute atomic E-state index is 12.5. The Hall–Kier alpha value is -1.32. The first-order valence-electron chi connectivity index (χ1n) is 8.00. The molecule has 6 nitrogen and oxygen atoms in total. The minimum atomic E-state index is -3.50. The second-order valence-electron chi connectivity index (χ2n) is 5.81. The molecule has 2 heterocycles. The number of hydrogen-bond donors (Lipinski definition) is 2. The van der Waals surface area contributed by atoms with Crippen LogP contribution >= 0.6 is 11.3 Å². The van der Waals surface area contributed by atoms with Crippen molar-refractivity contribution in [2.24, 2.45) is 0 Å². The van der Waals surface area contributed by atoms with Crippen LogP contribution in [0.15, 0.2) is 34.5 Å². The Labute approximate surface area is 147 Å². The van der Waals surface area contributed by atoms with Gasteiger partial charge in [0.05, 0.1) is 4.90 Å². The number of aryl methyl sites for hydroxylation is 1. The van der Waals surface area contributed by atoms with Gasteiger partial charge in [0.15, 0.2) is 0 Å². The smallest absolute Gasteiger partial charge is 0.240 e. The van der Waals surface area contributed by atoms with E-state index in [9.17, 15) is 8.42 Å². The van der Waals surface area contributed by atoms with E-state index >= 15 is 0 Å². The molecule has 8 heteroatoms. The van der Waals surface area contributed by atoms with Crippen LogP contribution in [-0.2, 0) is 10.0 Å². The lowest BCUT2D eigenvalue weighted by Gasteiger charge is -2.27. The lowest BCUT2D eigenvalue weighted by molar-refractivity contribution is 0.245. The second kappa shape index (κ2) is 7.71. The van der Waals surface area contributed by atoms with E-state index < -0.39 is 10.0 Å². The van der Waals surface area contributed by atoms with Crippen LogP contribution in [0, 0.1) is 6.92 Å². The van der Waals surface area contributed by atoms with Gasteiger partial charge < -0.3 is 5.32 Å². The highest BCUT2D eigenvalue weighted by molar-refractivity contribution is 7.89. The Morgan fingerprint density at radius 1 is 1.33 bits per heavy atom. The van der Waals surface area contributed by atoms with Crippen molar-refractivity contribution in [2.45, 2.75) is 11.8 Å². The topological polar surface area (TPSA) is 74.3 Å². The van der Waals surface area contributed by atoms with E-state index in [0.29, 0.717) is 6.54 Å². The predicted octanol–water partition coefficient (Wildman–Crippen LogP) is 1.30. The van der Waals surface area contributed by atoms with Gasteiger partial charge >= 0.3 is 0 Å². The molecule has 0 amide bonds. The van der Waals surface area contributed by atoms with Crippen molar-refractivity contribution in [1.82, 2.24) is 19.9 Å². The molecule has 1 fully saturated rings. The van der Waals surface area contributed by atoms with Gasteiger partial charge in [-0.05, 0) is 19.1 Å². The van der Waals surface area contributed by atoms with E-state index in [2.05, 4.69) is 19.9 Å². The Balaban J connectivity index is 1.65. The molecule has 1 aromatic carbocycles. The van der Waals surface area contributed by atoms with Crippen molar-refractivity contribution in [3.63, 3.8) is 0 Å². The standard InChI is InChI=1S/C16H22N4O2S2/c1-13-12-23-16(19-13)14-3-2-4-15(11-14)24(21,22)18-7-10-20-8-5-17-6-9-20/h2-4,11-12,17-18H,5-10H2,1H3. The normalized spacial score (nSPS) is 16.4. The molecule has 1 aromatic heterocycles. The summed E-state index contributed by atoms with van der Waals surface area (Å²) in [6.07, 6.45) is 0. The van der Waals surface area contributed by atoms with Crippen molar-refractivity contribution >= 4 is 21.4 Å². The van der Waals surface area contributed by atoms with Gasteiger partial charge in [0.25, 0.3) is 0 Å². The van der Waals surface area contributed by atoms with Crippen LogP contribution in [0.25, 0.3) is 10.6 Å². The fourth-order valence-electron chi connectivity index (χ4n) is 2.64. The zero-order chi connectivity index (χ0) is 17.0. The molecule has 0 saturated carbocycles. The van der Waals surface area contributed by atoms with Gasteiger partial charge in [0.2, 0.25) is 10.0 Å². The largest absolute Gasteiger partial charge is 0.314 e.